The highest BCUT2D eigenvalue weighted by Crippen LogP contribution is 2.32. The molecule has 1 aliphatic carbocycles. The molecule has 0 amide bonds. The van der Waals surface area contributed by atoms with Crippen LogP contribution in [-0.4, -0.2) is 42.6 Å². The van der Waals surface area contributed by atoms with E-state index in [1.165, 1.54) is 24.8 Å². The van der Waals surface area contributed by atoms with E-state index in [0.717, 1.165) is 34.4 Å². The molecule has 262 valence electrons. The van der Waals surface area contributed by atoms with Gasteiger partial charge in [0.05, 0.1) is 34.2 Å². The molecule has 1 aliphatic rings. The number of carbonyl (C=O) groups excluding carboxylic acids is 1. The number of para-hydroxylation sites is 2. The number of thiophene rings is 1. The van der Waals surface area contributed by atoms with Crippen molar-refractivity contribution < 1.29 is 27.1 Å². The molecule has 1 N–H and O–H groups in total. The third-order valence-electron chi connectivity index (χ3n) is 5.60. The maximum Gasteiger partial charge on any atom is 0.308 e. The highest BCUT2D eigenvalue weighted by Gasteiger charge is 2.22. The van der Waals surface area contributed by atoms with Crippen LogP contribution in [0.1, 0.15) is 97.9 Å². The summed E-state index contributed by atoms with van der Waals surface area (Å²) in [7, 11) is -3.43. The predicted molar refractivity (Wildman–Crippen MR) is 195 cm³/mol. The maximum absolute atomic E-state index is 11.3. The molecule has 0 saturated heterocycles. The van der Waals surface area contributed by atoms with Crippen molar-refractivity contribution in [1.29, 1.82) is 0 Å². The zero-order chi connectivity index (χ0) is 30.0. The van der Waals surface area contributed by atoms with Crippen molar-refractivity contribution in [2.24, 2.45) is 5.92 Å². The van der Waals surface area contributed by atoms with Gasteiger partial charge in [-0.2, -0.15) is 0 Å². The van der Waals surface area contributed by atoms with Gasteiger partial charge in [0.1, 0.15) is 11.8 Å². The van der Waals surface area contributed by atoms with Gasteiger partial charge in [0, 0.05) is 6.04 Å². The number of ether oxygens (including phenoxy) is 2. The fraction of sp³-hybridized carbons (Fsp3) is 0.514. The summed E-state index contributed by atoms with van der Waals surface area (Å²) in [6, 6.07) is 14.7. The van der Waals surface area contributed by atoms with E-state index in [9.17, 15) is 13.2 Å². The maximum atomic E-state index is 11.3. The number of benzene rings is 1. The second kappa shape index (κ2) is 22.3. The summed E-state index contributed by atoms with van der Waals surface area (Å²) in [4.78, 5) is 21.3. The van der Waals surface area contributed by atoms with Crippen LogP contribution in [0.25, 0.3) is 21.6 Å². The second-order valence-corrected chi connectivity index (χ2v) is 13.0. The minimum absolute atomic E-state index is 0. The lowest BCUT2D eigenvalue weighted by molar-refractivity contribution is -0.156. The standard InChI is InChI=1S/C15H14N2OS.C8H14O2.C7H11NO3S.5CH4/c1-10(2)18-15-14(13-8-5-9-19-13)16-11-6-3-4-7-12(11)17-15;1-6(2)8(9)10-7-4-3-5-7;1-6(2)8-12(9,10)7-4-3-5-11-7;;;;;/h3-10H,1-2H3;6-7H,3-5H2,1-2H3;3-6,8H,1-2H3;5*1H4. The number of aromatic nitrogens is 2. The molecule has 0 radical (unpaired) electrons. The number of sulfonamides is 1. The Morgan fingerprint density at radius 2 is 1.50 bits per heavy atom. The van der Waals surface area contributed by atoms with Gasteiger partial charge in [-0.3, -0.25) is 4.79 Å². The largest absolute Gasteiger partial charge is 0.473 e. The van der Waals surface area contributed by atoms with Crippen molar-refractivity contribution >= 4 is 38.4 Å². The van der Waals surface area contributed by atoms with Crippen LogP contribution in [0, 0.1) is 5.92 Å². The molecule has 1 fully saturated rings. The Morgan fingerprint density at radius 3 is 1.93 bits per heavy atom. The third-order valence-corrected chi connectivity index (χ3v) is 8.02. The molecule has 0 atom stereocenters. The Balaban J connectivity index is -0.000000606. The monoisotopic (exact) mass is 681 g/mol. The van der Waals surface area contributed by atoms with Crippen molar-refractivity contribution in [3.05, 3.63) is 60.2 Å². The minimum atomic E-state index is -3.43. The topological polar surface area (TPSA) is 121 Å². The van der Waals surface area contributed by atoms with E-state index in [2.05, 4.69) is 9.71 Å². The van der Waals surface area contributed by atoms with Gasteiger partial charge in [-0.15, -0.1) is 11.3 Å². The summed E-state index contributed by atoms with van der Waals surface area (Å²) < 4.78 is 40.7. The predicted octanol–water partition coefficient (Wildman–Crippen LogP) is 10.0. The number of esters is 1. The average molecular weight is 682 g/mol. The van der Waals surface area contributed by atoms with Crippen molar-refractivity contribution in [3.8, 4) is 16.5 Å². The number of nitrogens with one attached hydrogen (secondary N) is 1. The summed E-state index contributed by atoms with van der Waals surface area (Å²) >= 11 is 1.64. The molecule has 0 aliphatic heterocycles. The van der Waals surface area contributed by atoms with Gasteiger partial charge in [0.2, 0.25) is 11.0 Å². The molecular formula is C35H59N3O6S2. The van der Waals surface area contributed by atoms with E-state index < -0.39 is 10.0 Å². The van der Waals surface area contributed by atoms with Gasteiger partial charge in [-0.1, -0.05) is 69.2 Å². The molecular weight excluding hydrogens is 623 g/mol. The number of hydrogen-bond acceptors (Lipinski definition) is 9. The van der Waals surface area contributed by atoms with E-state index in [-0.39, 0.29) is 72.4 Å². The van der Waals surface area contributed by atoms with Gasteiger partial charge < -0.3 is 13.9 Å². The first-order valence-electron chi connectivity index (χ1n) is 13.7. The number of nitrogens with zero attached hydrogens (tertiary/aromatic N) is 2. The summed E-state index contributed by atoms with van der Waals surface area (Å²) in [5.74, 6) is 0.585. The van der Waals surface area contributed by atoms with Crippen molar-refractivity contribution in [2.75, 3.05) is 0 Å². The molecule has 3 aromatic heterocycles. The number of rotatable bonds is 8. The van der Waals surface area contributed by atoms with Crippen LogP contribution in [-0.2, 0) is 19.6 Å². The van der Waals surface area contributed by atoms with E-state index in [4.69, 9.17) is 18.9 Å². The fourth-order valence-corrected chi connectivity index (χ4v) is 5.32. The van der Waals surface area contributed by atoms with Gasteiger partial charge >= 0.3 is 5.97 Å². The zero-order valence-electron chi connectivity index (χ0n) is 24.4. The molecule has 0 bridgehead atoms. The Morgan fingerprint density at radius 1 is 0.891 bits per heavy atom. The zero-order valence-corrected chi connectivity index (χ0v) is 26.0. The van der Waals surface area contributed by atoms with E-state index in [1.807, 2.05) is 69.5 Å². The summed E-state index contributed by atoms with van der Waals surface area (Å²) in [6.07, 6.45) is 5.01. The third kappa shape index (κ3) is 14.4. The van der Waals surface area contributed by atoms with E-state index >= 15 is 0 Å². The number of hydrogen-bond donors (Lipinski definition) is 1. The lowest BCUT2D eigenvalue weighted by Gasteiger charge is -2.25. The highest BCUT2D eigenvalue weighted by molar-refractivity contribution is 7.89. The summed E-state index contributed by atoms with van der Waals surface area (Å²) in [5, 5.41) is 1.99. The summed E-state index contributed by atoms with van der Waals surface area (Å²) in [6.45, 7) is 11.2. The molecule has 4 aromatic rings. The van der Waals surface area contributed by atoms with Crippen molar-refractivity contribution in [2.45, 2.75) is 121 Å². The van der Waals surface area contributed by atoms with Crippen LogP contribution in [0.5, 0.6) is 5.88 Å². The van der Waals surface area contributed by atoms with Crippen LogP contribution in [0.4, 0.5) is 0 Å². The molecule has 0 unspecified atom stereocenters. The van der Waals surface area contributed by atoms with Crippen molar-refractivity contribution in [1.82, 2.24) is 14.7 Å². The molecule has 3 heterocycles. The molecule has 11 heteroatoms. The first-order chi connectivity index (χ1) is 19.5. The van der Waals surface area contributed by atoms with Gasteiger partial charge in [-0.05, 0) is 82.7 Å². The Labute approximate surface area is 283 Å². The smallest absolute Gasteiger partial charge is 0.308 e. The molecule has 0 spiro atoms. The quantitative estimate of drug-likeness (QED) is 0.182. The highest BCUT2D eigenvalue weighted by atomic mass is 32.2. The van der Waals surface area contributed by atoms with Crippen LogP contribution in [0.2, 0.25) is 0 Å². The lowest BCUT2D eigenvalue weighted by Crippen LogP contribution is -2.29. The first-order valence-corrected chi connectivity index (χ1v) is 16.1. The van der Waals surface area contributed by atoms with E-state index in [1.54, 1.807) is 25.2 Å². The lowest BCUT2D eigenvalue weighted by atomic mass is 9.96. The Kier molecular flexibility index (Phi) is 22.8. The minimum Gasteiger partial charge on any atom is -0.473 e. The van der Waals surface area contributed by atoms with Crippen LogP contribution < -0.4 is 9.46 Å². The molecule has 1 saturated carbocycles. The second-order valence-electron chi connectivity index (χ2n) is 10.4. The number of carbonyl (C=O) groups is 1. The van der Waals surface area contributed by atoms with E-state index in [0.29, 0.717) is 5.88 Å². The van der Waals surface area contributed by atoms with Gasteiger partial charge in [0.15, 0.2) is 0 Å². The number of furan rings is 1. The van der Waals surface area contributed by atoms with Crippen molar-refractivity contribution in [3.63, 3.8) is 0 Å². The summed E-state index contributed by atoms with van der Waals surface area (Å²) in [5.41, 5.74) is 2.57. The van der Waals surface area contributed by atoms with Gasteiger partial charge in [0.25, 0.3) is 10.0 Å². The van der Waals surface area contributed by atoms with Gasteiger partial charge in [-0.25, -0.2) is 23.1 Å². The van der Waals surface area contributed by atoms with Crippen LogP contribution >= 0.6 is 11.3 Å². The Bertz CT molecular complexity index is 1470. The molecule has 1 aromatic carbocycles. The molecule has 9 nitrogen and oxygen atoms in total. The average Bonchev–Trinajstić information content (AvgIpc) is 3.61. The normalized spacial score (nSPS) is 11.8. The van der Waals surface area contributed by atoms with Crippen LogP contribution in [0.15, 0.2) is 69.7 Å². The van der Waals surface area contributed by atoms with Crippen LogP contribution in [0.3, 0.4) is 0 Å². The Hall–Kier alpha value is -3.28. The first kappa shape index (κ1) is 47.1. The fourth-order valence-electron chi connectivity index (χ4n) is 3.44. The number of fused-ring (bicyclic) bond motifs is 1. The SMILES string of the molecule is C.C.C.C.C.CC(C)C(=O)OC1CCC1.CC(C)NS(=O)(=O)c1ccco1.CC(C)Oc1nc2ccccc2nc1-c1cccs1. The molecule has 46 heavy (non-hydrogen) atoms. The molecule has 5 rings (SSSR count).